The number of pyridine rings is 1. The molecule has 0 bridgehead atoms. The van der Waals surface area contributed by atoms with Gasteiger partial charge in [-0.15, -0.1) is 0 Å². The van der Waals surface area contributed by atoms with Crippen molar-refractivity contribution in [1.82, 2.24) is 10.3 Å². The van der Waals surface area contributed by atoms with Crippen LogP contribution in [0.15, 0.2) is 18.5 Å². The summed E-state index contributed by atoms with van der Waals surface area (Å²) in [5, 5.41) is 3.83. The highest BCUT2D eigenvalue weighted by atomic mass is 35.5. The van der Waals surface area contributed by atoms with E-state index in [0.29, 0.717) is 11.6 Å². The molecule has 1 N–H and O–H groups in total. The van der Waals surface area contributed by atoms with E-state index in [1.165, 1.54) is 0 Å². The van der Waals surface area contributed by atoms with E-state index in [0.717, 1.165) is 25.3 Å². The molecule has 1 heterocycles. The van der Waals surface area contributed by atoms with Gasteiger partial charge < -0.3 is 10.1 Å². The first-order chi connectivity index (χ1) is 6.83. The molecular formula is C10H15ClN2O. The van der Waals surface area contributed by atoms with Gasteiger partial charge in [0, 0.05) is 12.3 Å². The second-order valence-corrected chi connectivity index (χ2v) is 3.33. The van der Waals surface area contributed by atoms with Crippen LogP contribution < -0.4 is 10.1 Å². The van der Waals surface area contributed by atoms with E-state index >= 15 is 0 Å². The van der Waals surface area contributed by atoms with Gasteiger partial charge >= 0.3 is 0 Å². The molecule has 1 aromatic rings. The van der Waals surface area contributed by atoms with Crippen LogP contribution in [0.25, 0.3) is 0 Å². The van der Waals surface area contributed by atoms with E-state index in [2.05, 4.69) is 17.2 Å². The Morgan fingerprint density at radius 1 is 1.50 bits per heavy atom. The minimum Gasteiger partial charge on any atom is -0.492 e. The van der Waals surface area contributed by atoms with Crippen LogP contribution in [0.4, 0.5) is 0 Å². The zero-order valence-electron chi connectivity index (χ0n) is 8.29. The van der Waals surface area contributed by atoms with E-state index in [1.807, 2.05) is 0 Å². The zero-order valence-corrected chi connectivity index (χ0v) is 9.05. The first-order valence-corrected chi connectivity index (χ1v) is 5.15. The van der Waals surface area contributed by atoms with Gasteiger partial charge in [-0.3, -0.25) is 4.98 Å². The summed E-state index contributed by atoms with van der Waals surface area (Å²) in [5.74, 6) is 0.731. The molecule has 1 rings (SSSR count). The van der Waals surface area contributed by atoms with Crippen molar-refractivity contribution in [3.63, 3.8) is 0 Å². The maximum atomic E-state index is 5.75. The zero-order chi connectivity index (χ0) is 10.2. The quantitative estimate of drug-likeness (QED) is 0.737. The molecule has 0 saturated carbocycles. The smallest absolute Gasteiger partial charge is 0.139 e. The van der Waals surface area contributed by atoms with Crippen molar-refractivity contribution < 1.29 is 4.74 Å². The largest absolute Gasteiger partial charge is 0.492 e. The van der Waals surface area contributed by atoms with E-state index in [4.69, 9.17) is 16.3 Å². The van der Waals surface area contributed by atoms with Crippen LogP contribution in [-0.2, 0) is 0 Å². The fourth-order valence-electron chi connectivity index (χ4n) is 1.04. The maximum absolute atomic E-state index is 5.75. The number of hydrogen-bond donors (Lipinski definition) is 1. The summed E-state index contributed by atoms with van der Waals surface area (Å²) < 4.78 is 5.45. The number of aromatic nitrogens is 1. The van der Waals surface area contributed by atoms with Crippen LogP contribution in [0.5, 0.6) is 5.75 Å². The lowest BCUT2D eigenvalue weighted by atomic mass is 10.4. The maximum Gasteiger partial charge on any atom is 0.139 e. The van der Waals surface area contributed by atoms with Crippen LogP contribution in [-0.4, -0.2) is 24.7 Å². The highest BCUT2D eigenvalue weighted by molar-refractivity contribution is 6.30. The molecule has 0 fully saturated rings. The molecule has 3 nitrogen and oxygen atoms in total. The van der Waals surface area contributed by atoms with Crippen molar-refractivity contribution in [2.24, 2.45) is 0 Å². The third-order valence-electron chi connectivity index (χ3n) is 1.70. The molecule has 0 atom stereocenters. The normalized spacial score (nSPS) is 10.1. The number of nitrogens with one attached hydrogen (secondary N) is 1. The van der Waals surface area contributed by atoms with Gasteiger partial charge in [-0.25, -0.2) is 0 Å². The van der Waals surface area contributed by atoms with Crippen molar-refractivity contribution in [1.29, 1.82) is 0 Å². The molecule has 1 aromatic heterocycles. The lowest BCUT2D eigenvalue weighted by Gasteiger charge is -2.05. The first kappa shape index (κ1) is 11.3. The third kappa shape index (κ3) is 4.44. The SMILES string of the molecule is CCNCCCOc1cncc(Cl)c1. The van der Waals surface area contributed by atoms with Gasteiger partial charge in [0.1, 0.15) is 5.75 Å². The molecule has 0 spiro atoms. The first-order valence-electron chi connectivity index (χ1n) is 4.77. The van der Waals surface area contributed by atoms with Crippen molar-refractivity contribution in [2.75, 3.05) is 19.7 Å². The average Bonchev–Trinajstić information content (AvgIpc) is 2.18. The second-order valence-electron chi connectivity index (χ2n) is 2.89. The fourth-order valence-corrected chi connectivity index (χ4v) is 1.20. The minimum absolute atomic E-state index is 0.606. The Bertz CT molecular complexity index is 268. The molecule has 0 radical (unpaired) electrons. The number of rotatable bonds is 6. The van der Waals surface area contributed by atoms with Gasteiger partial charge in [0.15, 0.2) is 0 Å². The van der Waals surface area contributed by atoms with E-state index in [1.54, 1.807) is 18.5 Å². The molecule has 0 saturated heterocycles. The molecule has 0 aliphatic heterocycles. The second kappa shape index (κ2) is 6.62. The van der Waals surface area contributed by atoms with Gasteiger partial charge in [0.25, 0.3) is 0 Å². The van der Waals surface area contributed by atoms with Crippen molar-refractivity contribution >= 4 is 11.6 Å². The third-order valence-corrected chi connectivity index (χ3v) is 1.90. The Balaban J connectivity index is 2.18. The van der Waals surface area contributed by atoms with Crippen molar-refractivity contribution in [3.05, 3.63) is 23.5 Å². The van der Waals surface area contributed by atoms with Gasteiger partial charge in [-0.1, -0.05) is 18.5 Å². The number of nitrogens with zero attached hydrogens (tertiary/aromatic N) is 1. The molecule has 0 aromatic carbocycles. The Hall–Kier alpha value is -0.800. The van der Waals surface area contributed by atoms with Crippen LogP contribution in [0.1, 0.15) is 13.3 Å². The molecule has 0 amide bonds. The summed E-state index contributed by atoms with van der Waals surface area (Å²) in [6, 6.07) is 1.77. The van der Waals surface area contributed by atoms with Gasteiger partial charge in [0.05, 0.1) is 17.8 Å². The number of halogens is 1. The summed E-state index contributed by atoms with van der Waals surface area (Å²) in [6.07, 6.45) is 4.24. The summed E-state index contributed by atoms with van der Waals surface area (Å²) in [5.41, 5.74) is 0. The lowest BCUT2D eigenvalue weighted by molar-refractivity contribution is 0.307. The molecule has 4 heteroatoms. The molecule has 0 aliphatic rings. The van der Waals surface area contributed by atoms with Gasteiger partial charge in [-0.2, -0.15) is 0 Å². The van der Waals surface area contributed by atoms with Gasteiger partial charge in [-0.05, 0) is 19.5 Å². The van der Waals surface area contributed by atoms with Crippen LogP contribution >= 0.6 is 11.6 Å². The Morgan fingerprint density at radius 2 is 2.36 bits per heavy atom. The van der Waals surface area contributed by atoms with Crippen molar-refractivity contribution in [3.8, 4) is 5.75 Å². The lowest BCUT2D eigenvalue weighted by Crippen LogP contribution is -2.16. The standard InChI is InChI=1S/C10H15ClN2O/c1-2-12-4-3-5-14-10-6-9(11)7-13-8-10/h6-8,12H,2-5H2,1H3. The summed E-state index contributed by atoms with van der Waals surface area (Å²) in [4.78, 5) is 3.93. The number of ether oxygens (including phenoxy) is 1. The van der Waals surface area contributed by atoms with E-state index in [9.17, 15) is 0 Å². The minimum atomic E-state index is 0.606. The van der Waals surface area contributed by atoms with E-state index in [-0.39, 0.29) is 0 Å². The molecule has 0 unspecified atom stereocenters. The summed E-state index contributed by atoms with van der Waals surface area (Å²) >= 11 is 5.75. The fraction of sp³-hybridized carbons (Fsp3) is 0.500. The topological polar surface area (TPSA) is 34.1 Å². The predicted octanol–water partition coefficient (Wildman–Crippen LogP) is 2.11. The summed E-state index contributed by atoms with van der Waals surface area (Å²) in [6.45, 7) is 4.75. The predicted molar refractivity (Wildman–Crippen MR) is 57.9 cm³/mol. The highest BCUT2D eigenvalue weighted by Gasteiger charge is 1.95. The Labute approximate surface area is 89.4 Å². The van der Waals surface area contributed by atoms with Crippen LogP contribution in [0, 0.1) is 0 Å². The molecule has 0 aliphatic carbocycles. The Kier molecular flexibility index (Phi) is 5.33. The highest BCUT2D eigenvalue weighted by Crippen LogP contribution is 2.14. The van der Waals surface area contributed by atoms with Crippen LogP contribution in [0.3, 0.4) is 0 Å². The van der Waals surface area contributed by atoms with Gasteiger partial charge in [0.2, 0.25) is 0 Å². The summed E-state index contributed by atoms with van der Waals surface area (Å²) in [7, 11) is 0. The molecule has 78 valence electrons. The number of hydrogen-bond acceptors (Lipinski definition) is 3. The molecular weight excluding hydrogens is 200 g/mol. The van der Waals surface area contributed by atoms with E-state index < -0.39 is 0 Å². The van der Waals surface area contributed by atoms with Crippen molar-refractivity contribution in [2.45, 2.75) is 13.3 Å². The Morgan fingerprint density at radius 3 is 3.07 bits per heavy atom. The monoisotopic (exact) mass is 214 g/mol. The molecule has 14 heavy (non-hydrogen) atoms. The van der Waals surface area contributed by atoms with Crippen LogP contribution in [0.2, 0.25) is 5.02 Å². The average molecular weight is 215 g/mol.